The molecule has 0 spiro atoms. The van der Waals surface area contributed by atoms with Crippen LogP contribution in [0, 0.1) is 11.8 Å². The minimum absolute atomic E-state index is 0.690. The Labute approximate surface area is 114 Å². The standard InChI is InChI=1S/C8H15.2C4H9.Al/c1-3-5-7-8-6-4-2;2*1-4(2)3;/h1,4-8H2,2H3;2*4H,1H2,2-3H3;. The third-order valence-electron chi connectivity index (χ3n) is 3.44. The first-order valence-corrected chi connectivity index (χ1v) is 9.86. The summed E-state index contributed by atoms with van der Waals surface area (Å²) in [6.45, 7) is 16.2. The Bertz CT molecular complexity index is 184. The molecule has 0 saturated carbocycles. The van der Waals surface area contributed by atoms with Crippen molar-refractivity contribution in [1.82, 2.24) is 0 Å². The Morgan fingerprint density at radius 2 is 1.47 bits per heavy atom. The first-order chi connectivity index (χ1) is 7.97. The number of hydrogen-bond donors (Lipinski definition) is 0. The quantitative estimate of drug-likeness (QED) is 0.337. The van der Waals surface area contributed by atoms with Crippen molar-refractivity contribution in [3.63, 3.8) is 0 Å². The van der Waals surface area contributed by atoms with E-state index in [0.717, 1.165) is 11.8 Å². The third kappa shape index (κ3) is 9.93. The fraction of sp³-hybridized carbons (Fsp3) is 0.875. The fourth-order valence-corrected chi connectivity index (χ4v) is 6.30. The van der Waals surface area contributed by atoms with E-state index in [2.05, 4.69) is 41.2 Å². The summed E-state index contributed by atoms with van der Waals surface area (Å²) in [5, 5.41) is 2.93. The lowest BCUT2D eigenvalue weighted by molar-refractivity contribution is 0.663. The van der Waals surface area contributed by atoms with Gasteiger partial charge in [-0.3, -0.25) is 0 Å². The predicted octanol–water partition coefficient (Wildman–Crippen LogP) is 5.86. The number of rotatable bonds is 10. The molecule has 0 amide bonds. The Balaban J connectivity index is 4.03. The van der Waals surface area contributed by atoms with Crippen LogP contribution in [0.1, 0.15) is 66.7 Å². The lowest BCUT2D eigenvalue weighted by atomic mass is 10.1. The van der Waals surface area contributed by atoms with Gasteiger partial charge in [0.05, 0.1) is 0 Å². The molecule has 0 heterocycles. The van der Waals surface area contributed by atoms with Gasteiger partial charge in [0, 0.05) is 0 Å². The van der Waals surface area contributed by atoms with Gasteiger partial charge in [0.25, 0.3) is 14.1 Å². The maximum atomic E-state index is 4.42. The van der Waals surface area contributed by atoms with Gasteiger partial charge in [-0.25, -0.2) is 0 Å². The molecule has 0 fully saturated rings. The summed E-state index contributed by atoms with van der Waals surface area (Å²) in [7, 11) is 0. The Morgan fingerprint density at radius 1 is 0.941 bits per heavy atom. The molecule has 0 aromatic rings. The van der Waals surface area contributed by atoms with Crippen LogP contribution in [0.15, 0.2) is 11.0 Å². The van der Waals surface area contributed by atoms with Crippen LogP contribution in [0.3, 0.4) is 0 Å². The minimum Gasteiger partial charge on any atom is -0.137 e. The molecule has 0 aliphatic carbocycles. The van der Waals surface area contributed by atoms with Crippen LogP contribution < -0.4 is 0 Å². The summed E-state index contributed by atoms with van der Waals surface area (Å²) in [6.07, 6.45) is 6.84. The molecule has 0 radical (unpaired) electrons. The molecule has 0 aromatic heterocycles. The average molecular weight is 252 g/mol. The second-order valence-electron chi connectivity index (χ2n) is 6.42. The first kappa shape index (κ1) is 17.3. The predicted molar refractivity (Wildman–Crippen MR) is 82.9 cm³/mol. The van der Waals surface area contributed by atoms with E-state index in [-0.39, 0.29) is 0 Å². The van der Waals surface area contributed by atoms with E-state index in [4.69, 9.17) is 0 Å². The van der Waals surface area contributed by atoms with Crippen molar-refractivity contribution in [2.45, 2.75) is 77.3 Å². The van der Waals surface area contributed by atoms with Crippen molar-refractivity contribution in [2.75, 3.05) is 0 Å². The van der Waals surface area contributed by atoms with Gasteiger partial charge in [-0.1, -0.05) is 82.7 Å². The van der Waals surface area contributed by atoms with E-state index in [1.807, 2.05) is 0 Å². The average Bonchev–Trinajstić information content (AvgIpc) is 2.22. The molecular formula is C16H33Al. The molecule has 0 atom stereocenters. The smallest absolute Gasteiger partial charge is 0.137 e. The van der Waals surface area contributed by atoms with Crippen molar-refractivity contribution in [3.05, 3.63) is 11.0 Å². The highest BCUT2D eigenvalue weighted by atomic mass is 27.2. The van der Waals surface area contributed by atoms with Gasteiger partial charge in [-0.05, 0) is 6.42 Å². The Morgan fingerprint density at radius 3 is 1.88 bits per heavy atom. The minimum atomic E-state index is -0.690. The summed E-state index contributed by atoms with van der Waals surface area (Å²) in [4.78, 5) is 0. The van der Waals surface area contributed by atoms with E-state index in [0.29, 0.717) is 0 Å². The van der Waals surface area contributed by atoms with Crippen molar-refractivity contribution in [3.8, 4) is 0 Å². The topological polar surface area (TPSA) is 0 Å². The maximum absolute atomic E-state index is 4.42. The molecule has 0 unspecified atom stereocenters. The highest BCUT2D eigenvalue weighted by molar-refractivity contribution is 6.66. The highest BCUT2D eigenvalue weighted by Crippen LogP contribution is 2.23. The molecule has 0 aliphatic rings. The first-order valence-electron chi connectivity index (χ1n) is 7.65. The normalized spacial score (nSPS) is 11.2. The number of unbranched alkanes of at least 4 members (excludes halogenated alkanes) is 3. The number of hydrogen-bond acceptors (Lipinski definition) is 0. The SMILES string of the molecule is C=[C](CCCCCC)[Al]([CH2]C(C)C)[CH2]C(C)C. The lowest BCUT2D eigenvalue weighted by Gasteiger charge is -2.19. The summed E-state index contributed by atoms with van der Waals surface area (Å²) in [6, 6.07) is 0. The van der Waals surface area contributed by atoms with Crippen molar-refractivity contribution in [2.24, 2.45) is 11.8 Å². The largest absolute Gasteiger partial charge is 0.298 e. The summed E-state index contributed by atoms with van der Waals surface area (Å²) in [5.41, 5.74) is 0. The maximum Gasteiger partial charge on any atom is 0.298 e. The van der Waals surface area contributed by atoms with Gasteiger partial charge in [-0.2, -0.15) is 0 Å². The molecular weight excluding hydrogens is 219 g/mol. The van der Waals surface area contributed by atoms with Crippen LogP contribution in [0.4, 0.5) is 0 Å². The lowest BCUT2D eigenvalue weighted by Crippen LogP contribution is -2.20. The molecule has 17 heavy (non-hydrogen) atoms. The molecule has 0 aromatic carbocycles. The number of allylic oxidation sites excluding steroid dienone is 1. The van der Waals surface area contributed by atoms with E-state index >= 15 is 0 Å². The van der Waals surface area contributed by atoms with Crippen LogP contribution in [0.2, 0.25) is 10.6 Å². The summed E-state index contributed by atoms with van der Waals surface area (Å²) < 4.78 is 1.66. The second kappa shape index (κ2) is 10.2. The van der Waals surface area contributed by atoms with Crippen molar-refractivity contribution < 1.29 is 0 Å². The van der Waals surface area contributed by atoms with Crippen LogP contribution in [-0.2, 0) is 0 Å². The van der Waals surface area contributed by atoms with Gasteiger partial charge in [-0.15, -0.1) is 11.0 Å². The molecule has 0 nitrogen and oxygen atoms in total. The molecule has 0 saturated heterocycles. The molecule has 0 N–H and O–H groups in total. The molecule has 100 valence electrons. The molecule has 0 bridgehead atoms. The molecule has 0 rings (SSSR count). The van der Waals surface area contributed by atoms with Crippen molar-refractivity contribution in [1.29, 1.82) is 0 Å². The summed E-state index contributed by atoms with van der Waals surface area (Å²) in [5.74, 6) is 1.72. The Kier molecular flexibility index (Phi) is 10.4. The van der Waals surface area contributed by atoms with Crippen LogP contribution >= 0.6 is 0 Å². The van der Waals surface area contributed by atoms with Crippen LogP contribution in [0.5, 0.6) is 0 Å². The van der Waals surface area contributed by atoms with E-state index in [9.17, 15) is 0 Å². The van der Waals surface area contributed by atoms with E-state index in [1.54, 1.807) is 4.44 Å². The van der Waals surface area contributed by atoms with E-state index < -0.39 is 14.1 Å². The monoisotopic (exact) mass is 252 g/mol. The van der Waals surface area contributed by atoms with Gasteiger partial charge in [0.15, 0.2) is 0 Å². The van der Waals surface area contributed by atoms with Crippen LogP contribution in [-0.4, -0.2) is 14.1 Å². The zero-order chi connectivity index (χ0) is 13.3. The van der Waals surface area contributed by atoms with Gasteiger partial charge in [0.1, 0.15) is 0 Å². The van der Waals surface area contributed by atoms with Crippen LogP contribution in [0.25, 0.3) is 0 Å². The van der Waals surface area contributed by atoms with Gasteiger partial charge >= 0.3 is 0 Å². The molecule has 0 aliphatic heterocycles. The van der Waals surface area contributed by atoms with Gasteiger partial charge in [0.2, 0.25) is 0 Å². The fourth-order valence-electron chi connectivity index (χ4n) is 2.55. The Hall–Kier alpha value is 0.272. The molecule has 1 heteroatoms. The van der Waals surface area contributed by atoms with E-state index in [1.165, 1.54) is 42.7 Å². The highest BCUT2D eigenvalue weighted by Gasteiger charge is 2.22. The zero-order valence-electron chi connectivity index (χ0n) is 12.9. The summed E-state index contributed by atoms with van der Waals surface area (Å²) >= 11 is -0.690. The van der Waals surface area contributed by atoms with Gasteiger partial charge < -0.3 is 0 Å². The third-order valence-corrected chi connectivity index (χ3v) is 7.91. The second-order valence-corrected chi connectivity index (χ2v) is 9.58. The zero-order valence-corrected chi connectivity index (χ0v) is 14.0. The van der Waals surface area contributed by atoms with Crippen molar-refractivity contribution >= 4 is 14.1 Å².